The fourth-order valence-corrected chi connectivity index (χ4v) is 4.57. The molecule has 0 atom stereocenters. The maximum atomic E-state index is 12.2. The summed E-state index contributed by atoms with van der Waals surface area (Å²) in [5, 5.41) is 12.7. The Bertz CT molecular complexity index is 1750. The number of amides is 1. The van der Waals surface area contributed by atoms with Gasteiger partial charge in [-0.15, -0.1) is 0 Å². The van der Waals surface area contributed by atoms with Gasteiger partial charge in [0, 0.05) is 58.1 Å². The van der Waals surface area contributed by atoms with E-state index in [4.69, 9.17) is 0 Å². The molecule has 1 amide bonds. The molecule has 0 saturated heterocycles. The summed E-state index contributed by atoms with van der Waals surface area (Å²) in [4.78, 5) is 28.9. The van der Waals surface area contributed by atoms with Crippen LogP contribution < -0.4 is 5.32 Å². The number of fused-ring (bicyclic) bond motifs is 2. The topological polar surface area (TPSA) is 112 Å². The van der Waals surface area contributed by atoms with E-state index in [1.54, 1.807) is 18.6 Å². The predicted molar refractivity (Wildman–Crippen MR) is 139 cm³/mol. The number of nitrogens with zero attached hydrogens (tertiary/aromatic N) is 4. The van der Waals surface area contributed by atoms with Crippen LogP contribution in [0, 0.1) is 5.92 Å². The molecular weight excluding hydrogens is 450 g/mol. The van der Waals surface area contributed by atoms with Crippen molar-refractivity contribution in [3.05, 3.63) is 79.5 Å². The van der Waals surface area contributed by atoms with Gasteiger partial charge in [0.25, 0.3) is 0 Å². The number of benzene rings is 1. The highest BCUT2D eigenvalue weighted by molar-refractivity contribution is 6.01. The molecule has 5 heterocycles. The van der Waals surface area contributed by atoms with E-state index in [2.05, 4.69) is 47.6 Å². The van der Waals surface area contributed by atoms with Crippen LogP contribution in [-0.2, 0) is 4.79 Å². The number of pyridine rings is 3. The van der Waals surface area contributed by atoms with Crippen LogP contribution in [0.5, 0.6) is 0 Å². The van der Waals surface area contributed by atoms with Crippen LogP contribution in [0.15, 0.2) is 79.5 Å². The van der Waals surface area contributed by atoms with Gasteiger partial charge in [-0.05, 0) is 60.9 Å². The lowest BCUT2D eigenvalue weighted by Crippen LogP contribution is -2.13. The Morgan fingerprint density at radius 3 is 2.58 bits per heavy atom. The largest absolute Gasteiger partial charge is 0.353 e. The van der Waals surface area contributed by atoms with Crippen molar-refractivity contribution < 1.29 is 4.79 Å². The molecule has 0 bridgehead atoms. The van der Waals surface area contributed by atoms with Gasteiger partial charge in [-0.3, -0.25) is 24.8 Å². The zero-order valence-corrected chi connectivity index (χ0v) is 19.2. The molecule has 1 aliphatic carbocycles. The highest BCUT2D eigenvalue weighted by Gasteiger charge is 2.29. The lowest BCUT2D eigenvalue weighted by molar-refractivity contribution is -0.117. The van der Waals surface area contributed by atoms with Gasteiger partial charge in [-0.2, -0.15) is 5.10 Å². The number of nitrogens with one attached hydrogen (secondary N) is 3. The first kappa shape index (κ1) is 20.5. The van der Waals surface area contributed by atoms with E-state index in [-0.39, 0.29) is 11.8 Å². The van der Waals surface area contributed by atoms with E-state index >= 15 is 0 Å². The number of anilines is 1. The van der Waals surface area contributed by atoms with Crippen LogP contribution in [0.2, 0.25) is 0 Å². The molecule has 36 heavy (non-hydrogen) atoms. The Balaban J connectivity index is 1.28. The van der Waals surface area contributed by atoms with Gasteiger partial charge >= 0.3 is 0 Å². The second-order valence-corrected chi connectivity index (χ2v) is 9.10. The van der Waals surface area contributed by atoms with Crippen LogP contribution in [0.3, 0.4) is 0 Å². The number of hydrogen-bond donors (Lipinski definition) is 3. The first-order valence-corrected chi connectivity index (χ1v) is 11.9. The molecule has 0 unspecified atom stereocenters. The van der Waals surface area contributed by atoms with Crippen molar-refractivity contribution in [3.8, 4) is 33.8 Å². The molecular formula is C28H21N7O. The summed E-state index contributed by atoms with van der Waals surface area (Å²) >= 11 is 0. The molecule has 0 radical (unpaired) electrons. The maximum Gasteiger partial charge on any atom is 0.227 e. The average molecular weight is 472 g/mol. The molecule has 5 aromatic heterocycles. The number of aromatic nitrogens is 6. The van der Waals surface area contributed by atoms with Crippen molar-refractivity contribution in [2.45, 2.75) is 12.8 Å². The minimum absolute atomic E-state index is 0.0699. The average Bonchev–Trinajstić information content (AvgIpc) is 3.55. The fourth-order valence-electron chi connectivity index (χ4n) is 4.57. The molecule has 8 nitrogen and oxygen atoms in total. The molecule has 0 aliphatic heterocycles. The molecule has 174 valence electrons. The van der Waals surface area contributed by atoms with Crippen molar-refractivity contribution in [1.82, 2.24) is 30.1 Å². The third kappa shape index (κ3) is 3.60. The second kappa shape index (κ2) is 8.13. The van der Waals surface area contributed by atoms with E-state index in [9.17, 15) is 4.79 Å². The smallest absolute Gasteiger partial charge is 0.227 e. The highest BCUT2D eigenvalue weighted by Crippen LogP contribution is 2.35. The molecule has 7 rings (SSSR count). The first-order chi connectivity index (χ1) is 17.7. The van der Waals surface area contributed by atoms with Crippen molar-refractivity contribution in [2.75, 3.05) is 5.32 Å². The zero-order valence-electron chi connectivity index (χ0n) is 19.2. The highest BCUT2D eigenvalue weighted by atomic mass is 16.2. The predicted octanol–water partition coefficient (Wildman–Crippen LogP) is 5.58. The van der Waals surface area contributed by atoms with Gasteiger partial charge in [0.1, 0.15) is 5.69 Å². The Morgan fingerprint density at radius 2 is 1.72 bits per heavy atom. The summed E-state index contributed by atoms with van der Waals surface area (Å²) in [6.07, 6.45) is 10.8. The number of rotatable bonds is 5. The van der Waals surface area contributed by atoms with Gasteiger partial charge in [-0.1, -0.05) is 6.07 Å². The number of aromatic amines is 2. The van der Waals surface area contributed by atoms with Crippen LogP contribution in [-0.4, -0.2) is 36.0 Å². The number of hydrogen-bond acceptors (Lipinski definition) is 5. The molecule has 3 N–H and O–H groups in total. The van der Waals surface area contributed by atoms with Gasteiger partial charge in [0.05, 0.1) is 28.8 Å². The van der Waals surface area contributed by atoms with Crippen molar-refractivity contribution in [1.29, 1.82) is 0 Å². The minimum Gasteiger partial charge on any atom is -0.353 e. The summed E-state index contributed by atoms with van der Waals surface area (Å²) in [6.45, 7) is 0. The summed E-state index contributed by atoms with van der Waals surface area (Å²) in [6, 6.07) is 16.1. The number of carbonyl (C=O) groups excluding carboxylic acids is 1. The van der Waals surface area contributed by atoms with Crippen LogP contribution >= 0.6 is 0 Å². The quantitative estimate of drug-likeness (QED) is 0.304. The third-order valence-electron chi connectivity index (χ3n) is 6.59. The molecule has 1 fully saturated rings. The molecule has 8 heteroatoms. The maximum absolute atomic E-state index is 12.2. The minimum atomic E-state index is 0.0699. The van der Waals surface area contributed by atoms with E-state index in [1.165, 1.54) is 0 Å². The normalized spacial score (nSPS) is 13.3. The van der Waals surface area contributed by atoms with Gasteiger partial charge in [0.15, 0.2) is 0 Å². The van der Waals surface area contributed by atoms with E-state index < -0.39 is 0 Å². The monoisotopic (exact) mass is 471 g/mol. The van der Waals surface area contributed by atoms with Crippen LogP contribution in [0.4, 0.5) is 5.69 Å². The number of H-pyrrole nitrogens is 2. The molecule has 1 aliphatic rings. The lowest BCUT2D eigenvalue weighted by atomic mass is 10.0. The summed E-state index contributed by atoms with van der Waals surface area (Å²) in [7, 11) is 0. The van der Waals surface area contributed by atoms with Gasteiger partial charge in [0.2, 0.25) is 5.91 Å². The Morgan fingerprint density at radius 1 is 0.833 bits per heavy atom. The van der Waals surface area contributed by atoms with E-state index in [0.29, 0.717) is 5.69 Å². The number of carbonyl (C=O) groups is 1. The van der Waals surface area contributed by atoms with Crippen LogP contribution in [0.1, 0.15) is 12.8 Å². The first-order valence-electron chi connectivity index (χ1n) is 11.9. The standard InChI is InChI=1S/C28H21N7O/c36-28(16-3-4-16)32-20-10-19(14-30-15-20)17-5-6-24-21(11-17)27(35-34-24)25-12-22-23(33-25)7-9-31-26(22)18-2-1-8-29-13-18/h1-2,5-16,33H,3-4H2,(H,32,36)(H,34,35). The van der Waals surface area contributed by atoms with Gasteiger partial charge < -0.3 is 10.3 Å². The summed E-state index contributed by atoms with van der Waals surface area (Å²) < 4.78 is 0. The van der Waals surface area contributed by atoms with Gasteiger partial charge in [-0.25, -0.2) is 0 Å². The van der Waals surface area contributed by atoms with E-state index in [0.717, 1.165) is 68.4 Å². The summed E-state index contributed by atoms with van der Waals surface area (Å²) in [5.74, 6) is 0.212. The molecule has 0 spiro atoms. The Kier molecular flexibility index (Phi) is 4.63. The molecule has 1 saturated carbocycles. The SMILES string of the molecule is O=C(Nc1cncc(-c2ccc3[nH]nc(-c4cc5c(-c6cccnc6)nccc5[nH]4)c3c2)c1)C1CC1. The van der Waals surface area contributed by atoms with Crippen LogP contribution in [0.25, 0.3) is 55.6 Å². The zero-order chi connectivity index (χ0) is 24.1. The lowest BCUT2D eigenvalue weighted by Gasteiger charge is -2.07. The third-order valence-corrected chi connectivity index (χ3v) is 6.59. The van der Waals surface area contributed by atoms with E-state index in [1.807, 2.05) is 48.8 Å². The Hall–Kier alpha value is -4.85. The van der Waals surface area contributed by atoms with Crippen molar-refractivity contribution >= 4 is 33.4 Å². The fraction of sp³-hybridized carbons (Fsp3) is 0.107. The van der Waals surface area contributed by atoms with Crippen molar-refractivity contribution in [2.24, 2.45) is 5.92 Å². The molecule has 6 aromatic rings. The summed E-state index contributed by atoms with van der Waals surface area (Å²) in [5.41, 5.74) is 8.11. The molecule has 1 aromatic carbocycles. The van der Waals surface area contributed by atoms with Crippen molar-refractivity contribution in [3.63, 3.8) is 0 Å². The Labute approximate surface area is 205 Å². The second-order valence-electron chi connectivity index (χ2n) is 9.10.